The molecular formula is C20H24N4O4. The number of benzene rings is 1. The largest absolute Gasteiger partial charge is 0.477 e. The number of aromatic nitrogens is 2. The lowest BCUT2D eigenvalue weighted by Gasteiger charge is -2.29. The van der Waals surface area contributed by atoms with Gasteiger partial charge in [-0.3, -0.25) is 9.59 Å². The molecule has 1 fully saturated rings. The highest BCUT2D eigenvalue weighted by Gasteiger charge is 2.25. The first-order valence-electron chi connectivity index (χ1n) is 9.25. The van der Waals surface area contributed by atoms with E-state index in [1.165, 1.54) is 14.0 Å². The molecule has 2 N–H and O–H groups in total. The van der Waals surface area contributed by atoms with Gasteiger partial charge in [0.1, 0.15) is 6.10 Å². The summed E-state index contributed by atoms with van der Waals surface area (Å²) < 4.78 is 11.1. The smallest absolute Gasteiger partial charge is 0.278 e. The third-order valence-corrected chi connectivity index (χ3v) is 4.58. The van der Waals surface area contributed by atoms with E-state index in [9.17, 15) is 9.59 Å². The Morgan fingerprint density at radius 1 is 1.00 bits per heavy atom. The molecule has 0 unspecified atom stereocenters. The highest BCUT2D eigenvalue weighted by atomic mass is 16.5. The molecule has 0 spiro atoms. The highest BCUT2D eigenvalue weighted by Crippen LogP contribution is 2.27. The highest BCUT2D eigenvalue weighted by molar-refractivity contribution is 5.95. The van der Waals surface area contributed by atoms with Crippen molar-refractivity contribution >= 4 is 17.5 Å². The van der Waals surface area contributed by atoms with E-state index in [0.717, 1.165) is 25.7 Å². The summed E-state index contributed by atoms with van der Waals surface area (Å²) in [5.74, 6) is 0.516. The first-order chi connectivity index (χ1) is 13.5. The van der Waals surface area contributed by atoms with Gasteiger partial charge in [-0.1, -0.05) is 0 Å². The zero-order chi connectivity index (χ0) is 19.9. The van der Waals surface area contributed by atoms with Gasteiger partial charge in [0.15, 0.2) is 0 Å². The Balaban J connectivity index is 1.48. The molecule has 8 nitrogen and oxygen atoms in total. The van der Waals surface area contributed by atoms with E-state index < -0.39 is 0 Å². The maximum Gasteiger partial charge on any atom is 0.278 e. The molecule has 2 amide bonds. The van der Waals surface area contributed by atoms with Crippen molar-refractivity contribution in [3.8, 4) is 11.8 Å². The van der Waals surface area contributed by atoms with Crippen molar-refractivity contribution in [1.29, 1.82) is 0 Å². The fraction of sp³-hybridized carbons (Fsp3) is 0.400. The first kappa shape index (κ1) is 19.6. The third kappa shape index (κ3) is 5.18. The maximum absolute atomic E-state index is 12.4. The second-order valence-electron chi connectivity index (χ2n) is 6.69. The van der Waals surface area contributed by atoms with Crippen molar-refractivity contribution in [2.24, 2.45) is 0 Å². The van der Waals surface area contributed by atoms with Gasteiger partial charge in [0.2, 0.25) is 5.91 Å². The molecule has 3 rings (SSSR count). The van der Waals surface area contributed by atoms with Gasteiger partial charge in [0.25, 0.3) is 17.7 Å². The molecule has 8 heteroatoms. The van der Waals surface area contributed by atoms with Crippen molar-refractivity contribution in [3.63, 3.8) is 0 Å². The van der Waals surface area contributed by atoms with E-state index in [1.807, 2.05) is 0 Å². The Hall–Kier alpha value is -3.16. The monoisotopic (exact) mass is 384 g/mol. The second kappa shape index (κ2) is 9.16. The lowest BCUT2D eigenvalue weighted by molar-refractivity contribution is -0.114. The molecule has 0 saturated heterocycles. The predicted octanol–water partition coefficient (Wildman–Crippen LogP) is 2.56. The number of ether oxygens (including phenoxy) is 2. The quantitative estimate of drug-likeness (QED) is 0.794. The van der Waals surface area contributed by atoms with Crippen molar-refractivity contribution in [3.05, 3.63) is 42.2 Å². The van der Waals surface area contributed by atoms with Crippen LogP contribution in [0.4, 0.5) is 5.69 Å². The van der Waals surface area contributed by atoms with Gasteiger partial charge in [-0.2, -0.15) is 0 Å². The Morgan fingerprint density at radius 2 is 1.64 bits per heavy atom. The molecule has 0 atom stereocenters. The number of anilines is 1. The molecule has 1 aromatic carbocycles. The average molecular weight is 384 g/mol. The zero-order valence-corrected chi connectivity index (χ0v) is 16.0. The van der Waals surface area contributed by atoms with Crippen molar-refractivity contribution in [2.75, 3.05) is 12.4 Å². The number of carbonyl (C=O) groups is 2. The first-order valence-corrected chi connectivity index (χ1v) is 9.25. The van der Waals surface area contributed by atoms with Crippen LogP contribution in [0.2, 0.25) is 0 Å². The molecule has 0 bridgehead atoms. The molecule has 1 heterocycles. The van der Waals surface area contributed by atoms with Gasteiger partial charge in [0, 0.05) is 36.6 Å². The summed E-state index contributed by atoms with van der Waals surface area (Å²) in [5.41, 5.74) is 1.23. The van der Waals surface area contributed by atoms with Gasteiger partial charge < -0.3 is 20.1 Å². The number of nitrogens with one attached hydrogen (secondary N) is 2. The number of hydrogen-bond donors (Lipinski definition) is 2. The van der Waals surface area contributed by atoms with Crippen LogP contribution in [-0.2, 0) is 4.79 Å². The molecule has 1 aromatic heterocycles. The van der Waals surface area contributed by atoms with Crippen LogP contribution in [0.25, 0.3) is 0 Å². The molecule has 2 aromatic rings. The zero-order valence-electron chi connectivity index (χ0n) is 16.0. The summed E-state index contributed by atoms with van der Waals surface area (Å²) >= 11 is 0. The fourth-order valence-corrected chi connectivity index (χ4v) is 3.19. The number of rotatable bonds is 6. The Labute approximate surface area is 163 Å². The van der Waals surface area contributed by atoms with Crippen LogP contribution in [-0.4, -0.2) is 41.0 Å². The topological polar surface area (TPSA) is 102 Å². The number of nitrogens with zero attached hydrogens (tertiary/aromatic N) is 2. The van der Waals surface area contributed by atoms with Crippen LogP contribution < -0.4 is 20.1 Å². The van der Waals surface area contributed by atoms with Crippen molar-refractivity contribution < 1.29 is 19.1 Å². The minimum absolute atomic E-state index is 0.0238. The Bertz CT molecular complexity index is 817. The number of hydrogen-bond acceptors (Lipinski definition) is 6. The molecule has 28 heavy (non-hydrogen) atoms. The SMILES string of the molecule is COc1nccnc1OC1CCC(NC(=O)c2ccc(NC(C)=O)cc2)CC1. The van der Waals surface area contributed by atoms with Gasteiger partial charge in [-0.05, 0) is 49.9 Å². The van der Waals surface area contributed by atoms with Gasteiger partial charge in [-0.15, -0.1) is 0 Å². The number of amides is 2. The van der Waals surface area contributed by atoms with E-state index >= 15 is 0 Å². The summed E-state index contributed by atoms with van der Waals surface area (Å²) in [7, 11) is 1.53. The third-order valence-electron chi connectivity index (χ3n) is 4.58. The molecule has 0 aliphatic heterocycles. The van der Waals surface area contributed by atoms with Crippen molar-refractivity contribution in [1.82, 2.24) is 15.3 Å². The normalized spacial score (nSPS) is 18.8. The summed E-state index contributed by atoms with van der Waals surface area (Å²) in [6, 6.07) is 6.95. The van der Waals surface area contributed by atoms with E-state index in [0.29, 0.717) is 23.0 Å². The molecule has 1 saturated carbocycles. The summed E-state index contributed by atoms with van der Waals surface area (Å²) in [4.78, 5) is 31.7. The molecule has 148 valence electrons. The maximum atomic E-state index is 12.4. The van der Waals surface area contributed by atoms with Crippen molar-refractivity contribution in [2.45, 2.75) is 44.8 Å². The Kier molecular flexibility index (Phi) is 6.41. The predicted molar refractivity (Wildman–Crippen MR) is 103 cm³/mol. The van der Waals surface area contributed by atoms with Gasteiger partial charge in [-0.25, -0.2) is 9.97 Å². The Morgan fingerprint density at radius 3 is 2.25 bits per heavy atom. The second-order valence-corrected chi connectivity index (χ2v) is 6.69. The number of carbonyl (C=O) groups excluding carboxylic acids is 2. The standard InChI is InChI=1S/C20H24N4O4/c1-13(25)23-15-5-3-14(4-6-15)18(26)24-16-7-9-17(10-8-16)28-20-19(27-2)21-11-12-22-20/h3-6,11-12,16-17H,7-10H2,1-2H3,(H,23,25)(H,24,26). The van der Waals surface area contributed by atoms with Gasteiger partial charge in [0.05, 0.1) is 7.11 Å². The van der Waals surface area contributed by atoms with Crippen LogP contribution in [0.15, 0.2) is 36.7 Å². The molecule has 1 aliphatic carbocycles. The lowest BCUT2D eigenvalue weighted by Crippen LogP contribution is -2.39. The number of methoxy groups -OCH3 is 1. The summed E-state index contributed by atoms with van der Waals surface area (Å²) in [5, 5.41) is 5.75. The van der Waals surface area contributed by atoms with E-state index in [-0.39, 0.29) is 24.0 Å². The minimum Gasteiger partial charge on any atom is -0.477 e. The average Bonchev–Trinajstić information content (AvgIpc) is 2.70. The van der Waals surface area contributed by atoms with Crippen LogP contribution in [0.5, 0.6) is 11.8 Å². The molecule has 1 aliphatic rings. The van der Waals surface area contributed by atoms with Crippen LogP contribution in [0.1, 0.15) is 43.0 Å². The summed E-state index contributed by atoms with van der Waals surface area (Å²) in [6.07, 6.45) is 6.42. The minimum atomic E-state index is -0.143. The molecular weight excluding hydrogens is 360 g/mol. The summed E-state index contributed by atoms with van der Waals surface area (Å²) in [6.45, 7) is 1.45. The van der Waals surface area contributed by atoms with Crippen LogP contribution in [0, 0.1) is 0 Å². The van der Waals surface area contributed by atoms with E-state index in [4.69, 9.17) is 9.47 Å². The van der Waals surface area contributed by atoms with Crippen LogP contribution in [0.3, 0.4) is 0 Å². The lowest BCUT2D eigenvalue weighted by atomic mass is 9.92. The van der Waals surface area contributed by atoms with E-state index in [2.05, 4.69) is 20.6 Å². The van der Waals surface area contributed by atoms with E-state index in [1.54, 1.807) is 36.7 Å². The fourth-order valence-electron chi connectivity index (χ4n) is 3.19. The van der Waals surface area contributed by atoms with Crippen LogP contribution >= 0.6 is 0 Å². The molecule has 0 radical (unpaired) electrons. The van der Waals surface area contributed by atoms with Gasteiger partial charge >= 0.3 is 0 Å².